The maximum atomic E-state index is 10.3. The molecule has 0 aliphatic rings. The maximum absolute atomic E-state index is 10.3. The van der Waals surface area contributed by atoms with Gasteiger partial charge in [-0.3, -0.25) is 0 Å². The fourth-order valence-corrected chi connectivity index (χ4v) is 1.63. The first-order valence-corrected chi connectivity index (χ1v) is 5.86. The largest absolute Gasteiger partial charge is 0.504 e. The monoisotopic (exact) mass is 251 g/mol. The highest BCUT2D eigenvalue weighted by Gasteiger charge is 2.29. The van der Waals surface area contributed by atoms with Gasteiger partial charge in [-0.25, -0.2) is 9.97 Å². The third kappa shape index (κ3) is 2.97. The van der Waals surface area contributed by atoms with Gasteiger partial charge < -0.3 is 10.3 Å². The smallest absolute Gasteiger partial charge is 0.174 e. The number of aromatic nitrogens is 2. The molecule has 0 radical (unpaired) electrons. The molecule has 5 heteroatoms. The number of oxime groups is 1. The normalized spacial score (nSPS) is 13.2. The molecule has 0 amide bonds. The predicted octanol–water partition coefficient (Wildman–Crippen LogP) is 2.59. The van der Waals surface area contributed by atoms with E-state index in [1.54, 1.807) is 0 Å². The first kappa shape index (κ1) is 14.4. The minimum Gasteiger partial charge on any atom is -0.504 e. The van der Waals surface area contributed by atoms with E-state index >= 15 is 0 Å². The molecule has 1 rings (SSSR count). The van der Waals surface area contributed by atoms with Gasteiger partial charge in [0, 0.05) is 10.8 Å². The van der Waals surface area contributed by atoms with E-state index in [2.05, 4.69) is 15.1 Å². The van der Waals surface area contributed by atoms with Crippen LogP contribution in [0.4, 0.5) is 0 Å². The minimum absolute atomic E-state index is 0.116. The average molecular weight is 251 g/mol. The maximum Gasteiger partial charge on any atom is 0.174 e. The summed E-state index contributed by atoms with van der Waals surface area (Å²) < 4.78 is 0. The van der Waals surface area contributed by atoms with Crippen LogP contribution in [-0.4, -0.2) is 26.5 Å². The zero-order valence-corrected chi connectivity index (χ0v) is 11.8. The third-order valence-corrected chi connectivity index (χ3v) is 2.50. The number of hydrogen-bond donors (Lipinski definition) is 2. The Labute approximate surface area is 108 Å². The van der Waals surface area contributed by atoms with Crippen molar-refractivity contribution in [3.05, 3.63) is 17.2 Å². The van der Waals surface area contributed by atoms with E-state index in [0.29, 0.717) is 17.2 Å². The summed E-state index contributed by atoms with van der Waals surface area (Å²) >= 11 is 0. The summed E-state index contributed by atoms with van der Waals surface area (Å²) in [5.41, 5.74) is 0.477. The lowest BCUT2D eigenvalue weighted by atomic mass is 9.85. The molecule has 0 aromatic carbocycles. The SMILES string of the molecule is CC(C)(C)c1nc(C=NO)nc(C(C)(C)C)c1O. The van der Waals surface area contributed by atoms with E-state index in [0.717, 1.165) is 0 Å². The van der Waals surface area contributed by atoms with Crippen LogP contribution in [-0.2, 0) is 10.8 Å². The summed E-state index contributed by atoms with van der Waals surface area (Å²) in [5.74, 6) is 0.412. The molecule has 0 aliphatic heterocycles. The molecule has 2 N–H and O–H groups in total. The second-order valence-corrected chi connectivity index (χ2v) is 6.37. The van der Waals surface area contributed by atoms with Crippen LogP contribution in [0.3, 0.4) is 0 Å². The van der Waals surface area contributed by atoms with Gasteiger partial charge in [0.2, 0.25) is 0 Å². The van der Waals surface area contributed by atoms with Crippen LogP contribution in [0.5, 0.6) is 5.75 Å². The van der Waals surface area contributed by atoms with Crippen molar-refractivity contribution in [1.29, 1.82) is 0 Å². The quantitative estimate of drug-likeness (QED) is 0.457. The van der Waals surface area contributed by atoms with Gasteiger partial charge in [0.25, 0.3) is 0 Å². The van der Waals surface area contributed by atoms with E-state index in [4.69, 9.17) is 5.21 Å². The molecular weight excluding hydrogens is 230 g/mol. The van der Waals surface area contributed by atoms with Crippen LogP contribution in [0.25, 0.3) is 0 Å². The lowest BCUT2D eigenvalue weighted by molar-refractivity contribution is 0.321. The third-order valence-electron chi connectivity index (χ3n) is 2.50. The number of aromatic hydroxyl groups is 1. The van der Waals surface area contributed by atoms with Crippen LogP contribution in [0.1, 0.15) is 58.8 Å². The van der Waals surface area contributed by atoms with Crippen molar-refractivity contribution in [2.45, 2.75) is 52.4 Å². The summed E-state index contributed by atoms with van der Waals surface area (Å²) in [4.78, 5) is 8.47. The van der Waals surface area contributed by atoms with Crippen LogP contribution in [0.15, 0.2) is 5.16 Å². The average Bonchev–Trinajstić information content (AvgIpc) is 2.17. The molecular formula is C13H21N3O2. The highest BCUT2D eigenvalue weighted by molar-refractivity contribution is 5.74. The van der Waals surface area contributed by atoms with E-state index in [9.17, 15) is 5.11 Å². The van der Waals surface area contributed by atoms with Crippen molar-refractivity contribution >= 4 is 6.21 Å². The number of rotatable bonds is 1. The van der Waals surface area contributed by atoms with E-state index < -0.39 is 0 Å². The molecule has 1 heterocycles. The second-order valence-electron chi connectivity index (χ2n) is 6.37. The Balaban J connectivity index is 3.59. The van der Waals surface area contributed by atoms with Gasteiger partial charge in [-0.15, -0.1) is 0 Å². The topological polar surface area (TPSA) is 78.6 Å². The Morgan fingerprint density at radius 3 is 1.61 bits per heavy atom. The van der Waals surface area contributed by atoms with Crippen LogP contribution in [0, 0.1) is 0 Å². The Morgan fingerprint density at radius 2 is 1.33 bits per heavy atom. The van der Waals surface area contributed by atoms with Gasteiger partial charge in [0.15, 0.2) is 11.6 Å². The highest BCUT2D eigenvalue weighted by Crippen LogP contribution is 2.36. The molecule has 0 unspecified atom stereocenters. The van der Waals surface area contributed by atoms with Crippen molar-refractivity contribution < 1.29 is 10.3 Å². The van der Waals surface area contributed by atoms with Crippen molar-refractivity contribution in [1.82, 2.24) is 9.97 Å². The van der Waals surface area contributed by atoms with Gasteiger partial charge >= 0.3 is 0 Å². The molecule has 0 bridgehead atoms. The molecule has 1 aromatic rings. The Bertz CT molecular complexity index is 433. The Morgan fingerprint density at radius 1 is 0.944 bits per heavy atom. The lowest BCUT2D eigenvalue weighted by Gasteiger charge is -2.25. The molecule has 0 aliphatic carbocycles. The fourth-order valence-electron chi connectivity index (χ4n) is 1.63. The van der Waals surface area contributed by atoms with Crippen LogP contribution in [0.2, 0.25) is 0 Å². The summed E-state index contributed by atoms with van der Waals surface area (Å²) in [6.45, 7) is 11.8. The van der Waals surface area contributed by atoms with E-state index in [-0.39, 0.29) is 16.6 Å². The van der Waals surface area contributed by atoms with Gasteiger partial charge in [-0.1, -0.05) is 46.7 Å². The van der Waals surface area contributed by atoms with Crippen molar-refractivity contribution in [3.63, 3.8) is 0 Å². The molecule has 0 saturated carbocycles. The lowest BCUT2D eigenvalue weighted by Crippen LogP contribution is -2.22. The van der Waals surface area contributed by atoms with Crippen molar-refractivity contribution in [3.8, 4) is 5.75 Å². The molecule has 0 fully saturated rings. The first-order chi connectivity index (χ1) is 8.07. The fraction of sp³-hybridized carbons (Fsp3) is 0.615. The number of hydrogen-bond acceptors (Lipinski definition) is 5. The Hall–Kier alpha value is -1.65. The highest BCUT2D eigenvalue weighted by atomic mass is 16.4. The standard InChI is InChI=1S/C13H21N3O2/c1-12(2,3)10-9(17)11(13(4,5)6)16-8(15-10)7-14-18/h7,17-18H,1-6H3. The second kappa shape index (κ2) is 4.55. The van der Waals surface area contributed by atoms with Crippen LogP contribution >= 0.6 is 0 Å². The van der Waals surface area contributed by atoms with E-state index in [1.807, 2.05) is 41.5 Å². The number of nitrogens with zero attached hydrogens (tertiary/aromatic N) is 3. The molecule has 18 heavy (non-hydrogen) atoms. The van der Waals surface area contributed by atoms with Crippen LogP contribution < -0.4 is 0 Å². The van der Waals surface area contributed by atoms with Gasteiger partial charge in [0.05, 0.1) is 11.4 Å². The van der Waals surface area contributed by atoms with E-state index in [1.165, 1.54) is 6.21 Å². The summed E-state index contributed by atoms with van der Waals surface area (Å²) in [6, 6.07) is 0. The predicted molar refractivity (Wildman–Crippen MR) is 70.5 cm³/mol. The first-order valence-electron chi connectivity index (χ1n) is 5.86. The minimum atomic E-state index is -0.314. The molecule has 1 aromatic heterocycles. The molecule has 100 valence electrons. The molecule has 0 atom stereocenters. The summed E-state index contributed by atoms with van der Waals surface area (Å²) in [5, 5.41) is 21.9. The van der Waals surface area contributed by atoms with Gasteiger partial charge in [-0.05, 0) is 0 Å². The molecule has 0 spiro atoms. The zero-order valence-electron chi connectivity index (χ0n) is 11.8. The summed E-state index contributed by atoms with van der Waals surface area (Å²) in [6.07, 6.45) is 1.17. The van der Waals surface area contributed by atoms with Crippen molar-refractivity contribution in [2.75, 3.05) is 0 Å². The molecule has 5 nitrogen and oxygen atoms in total. The van der Waals surface area contributed by atoms with Gasteiger partial charge in [0.1, 0.15) is 6.21 Å². The zero-order chi connectivity index (χ0) is 14.1. The molecule has 0 saturated heterocycles. The van der Waals surface area contributed by atoms with Gasteiger partial charge in [-0.2, -0.15) is 0 Å². The Kier molecular flexibility index (Phi) is 3.64. The summed E-state index contributed by atoms with van der Waals surface area (Å²) in [7, 11) is 0. The van der Waals surface area contributed by atoms with Crippen molar-refractivity contribution in [2.24, 2.45) is 5.16 Å².